The molecule has 0 saturated carbocycles. The number of methoxy groups -OCH3 is 1. The summed E-state index contributed by atoms with van der Waals surface area (Å²) >= 11 is 6.51. The van der Waals surface area contributed by atoms with Crippen molar-refractivity contribution in [3.63, 3.8) is 0 Å². The second-order valence-electron chi connectivity index (χ2n) is 9.36. The van der Waals surface area contributed by atoms with Gasteiger partial charge < -0.3 is 15.0 Å². The highest BCUT2D eigenvalue weighted by atomic mass is 35.5. The van der Waals surface area contributed by atoms with Gasteiger partial charge in [-0.3, -0.25) is 4.79 Å². The van der Waals surface area contributed by atoms with Crippen molar-refractivity contribution >= 4 is 44.7 Å². The zero-order chi connectivity index (χ0) is 24.0. The van der Waals surface area contributed by atoms with Gasteiger partial charge in [-0.1, -0.05) is 44.9 Å². The average Bonchev–Trinajstić information content (AvgIpc) is 2.97. The van der Waals surface area contributed by atoms with Gasteiger partial charge in [0, 0.05) is 13.0 Å². The van der Waals surface area contributed by atoms with Crippen LogP contribution in [0.2, 0.25) is 5.02 Å². The predicted octanol–water partition coefficient (Wildman–Crippen LogP) is 5.38. The van der Waals surface area contributed by atoms with Crippen molar-refractivity contribution in [2.75, 3.05) is 23.9 Å². The molecule has 0 aliphatic carbocycles. The fourth-order valence-electron chi connectivity index (χ4n) is 4.13. The number of carbonyl (C=O) groups is 1. The van der Waals surface area contributed by atoms with Crippen LogP contribution in [0.5, 0.6) is 5.75 Å². The predicted molar refractivity (Wildman–Crippen MR) is 132 cm³/mol. The number of amidine groups is 1. The Balaban J connectivity index is 1.74. The monoisotopic (exact) mass is 489 g/mol. The molecule has 2 aromatic carbocycles. The van der Waals surface area contributed by atoms with E-state index in [1.807, 2.05) is 17.0 Å². The van der Waals surface area contributed by atoms with Crippen molar-refractivity contribution < 1.29 is 17.9 Å². The highest BCUT2D eigenvalue weighted by Gasteiger charge is 2.33. The number of nitrogens with one attached hydrogen (secondary N) is 1. The van der Waals surface area contributed by atoms with Crippen molar-refractivity contribution in [1.29, 1.82) is 0 Å². The molecule has 1 N–H and O–H groups in total. The minimum absolute atomic E-state index is 0.00175. The van der Waals surface area contributed by atoms with Crippen LogP contribution >= 0.6 is 11.6 Å². The van der Waals surface area contributed by atoms with E-state index in [2.05, 4.69) is 30.5 Å². The molecule has 176 valence electrons. The smallest absolute Gasteiger partial charge is 0.286 e. The maximum absolute atomic E-state index is 13.2. The van der Waals surface area contributed by atoms with Gasteiger partial charge in [-0.25, -0.2) is 0 Å². The Labute approximate surface area is 199 Å². The van der Waals surface area contributed by atoms with E-state index < -0.39 is 15.9 Å². The standard InChI is InChI=1S/C24H28ClN3O4S/c1-24(2,3)15-9-10-20(32-4)18(12-15)26-23(29)16-13-21-19(14-17(16)25)28-11-7-5-6-8-22(28)27-33(21,30)31/h9-10,12-14H,5-8,11H2,1-4H3,(H,26,29). The zero-order valence-electron chi connectivity index (χ0n) is 19.2. The number of fused-ring (bicyclic) bond motifs is 3. The van der Waals surface area contributed by atoms with Crippen LogP contribution in [0, 0.1) is 0 Å². The molecule has 1 amide bonds. The highest BCUT2D eigenvalue weighted by Crippen LogP contribution is 2.38. The molecule has 0 unspecified atom stereocenters. The molecule has 4 rings (SSSR count). The summed E-state index contributed by atoms with van der Waals surface area (Å²) in [5.74, 6) is 0.516. The molecule has 9 heteroatoms. The Hall–Kier alpha value is -2.58. The van der Waals surface area contributed by atoms with Crippen LogP contribution < -0.4 is 15.0 Å². The number of nitrogens with zero attached hydrogens (tertiary/aromatic N) is 2. The minimum Gasteiger partial charge on any atom is -0.495 e. The van der Waals surface area contributed by atoms with Crippen LogP contribution in [0.25, 0.3) is 0 Å². The summed E-state index contributed by atoms with van der Waals surface area (Å²) in [6.45, 7) is 6.88. The van der Waals surface area contributed by atoms with E-state index >= 15 is 0 Å². The fraction of sp³-hybridized carbons (Fsp3) is 0.417. The molecule has 0 atom stereocenters. The van der Waals surface area contributed by atoms with Crippen LogP contribution in [0.3, 0.4) is 0 Å². The van der Waals surface area contributed by atoms with Gasteiger partial charge in [-0.2, -0.15) is 8.42 Å². The molecule has 0 aromatic heterocycles. The van der Waals surface area contributed by atoms with E-state index in [4.69, 9.17) is 16.3 Å². The second kappa shape index (κ2) is 8.65. The van der Waals surface area contributed by atoms with Crippen molar-refractivity contribution in [1.82, 2.24) is 0 Å². The van der Waals surface area contributed by atoms with Crippen LogP contribution in [-0.4, -0.2) is 33.8 Å². The lowest BCUT2D eigenvalue weighted by molar-refractivity contribution is 0.102. The average molecular weight is 490 g/mol. The number of hydrogen-bond acceptors (Lipinski definition) is 5. The number of carbonyl (C=O) groups excluding carboxylic acids is 1. The molecule has 1 saturated heterocycles. The van der Waals surface area contributed by atoms with Gasteiger partial charge in [0.05, 0.1) is 29.1 Å². The molecule has 0 spiro atoms. The van der Waals surface area contributed by atoms with E-state index in [9.17, 15) is 13.2 Å². The first kappa shape index (κ1) is 23.6. The second-order valence-corrected chi connectivity index (χ2v) is 11.3. The Morgan fingerprint density at radius 2 is 1.91 bits per heavy atom. The third kappa shape index (κ3) is 4.59. The molecule has 2 aromatic rings. The largest absolute Gasteiger partial charge is 0.495 e. The quantitative estimate of drug-likeness (QED) is 0.625. The molecule has 33 heavy (non-hydrogen) atoms. The Kier molecular flexibility index (Phi) is 6.18. The maximum atomic E-state index is 13.2. The lowest BCUT2D eigenvalue weighted by atomic mass is 9.87. The summed E-state index contributed by atoms with van der Waals surface area (Å²) in [7, 11) is -2.41. The van der Waals surface area contributed by atoms with E-state index in [0.29, 0.717) is 35.9 Å². The molecule has 0 radical (unpaired) electrons. The molecular formula is C24H28ClN3O4S. The summed E-state index contributed by atoms with van der Waals surface area (Å²) in [5, 5.41) is 3.02. The van der Waals surface area contributed by atoms with Crippen LogP contribution in [0.1, 0.15) is 62.4 Å². The van der Waals surface area contributed by atoms with Gasteiger partial charge in [0.1, 0.15) is 16.5 Å². The molecule has 2 aliphatic heterocycles. The summed E-state index contributed by atoms with van der Waals surface area (Å²) in [5.41, 5.74) is 1.91. The number of hydrogen-bond donors (Lipinski definition) is 1. The van der Waals surface area contributed by atoms with Gasteiger partial charge in [-0.15, -0.1) is 4.40 Å². The summed E-state index contributed by atoms with van der Waals surface area (Å²) < 4.78 is 35.3. The number of sulfonamides is 1. The van der Waals surface area contributed by atoms with E-state index in [1.54, 1.807) is 12.1 Å². The molecule has 1 fully saturated rings. The van der Waals surface area contributed by atoms with Gasteiger partial charge in [-0.05, 0) is 48.1 Å². The first-order valence-electron chi connectivity index (χ1n) is 11.0. The normalized spacial score (nSPS) is 17.4. The van der Waals surface area contributed by atoms with Crippen molar-refractivity contribution in [3.05, 3.63) is 46.5 Å². The fourth-order valence-corrected chi connectivity index (χ4v) is 5.64. The Morgan fingerprint density at radius 3 is 2.61 bits per heavy atom. The van der Waals surface area contributed by atoms with Crippen LogP contribution in [-0.2, 0) is 15.4 Å². The van der Waals surface area contributed by atoms with Crippen molar-refractivity contribution in [3.8, 4) is 5.75 Å². The number of anilines is 2. The van der Waals surface area contributed by atoms with E-state index in [0.717, 1.165) is 24.8 Å². The Morgan fingerprint density at radius 1 is 1.15 bits per heavy atom. The molecule has 2 aliphatic rings. The SMILES string of the molecule is COc1ccc(C(C)(C)C)cc1NC(=O)c1cc2c(cc1Cl)N1CCCCCC1=NS2(=O)=O. The lowest BCUT2D eigenvalue weighted by Crippen LogP contribution is -2.35. The number of amides is 1. The van der Waals surface area contributed by atoms with Gasteiger partial charge in [0.25, 0.3) is 15.9 Å². The summed E-state index contributed by atoms with van der Waals surface area (Å²) in [6.07, 6.45) is 3.43. The third-order valence-electron chi connectivity index (χ3n) is 5.99. The van der Waals surface area contributed by atoms with Crippen molar-refractivity contribution in [2.24, 2.45) is 4.40 Å². The zero-order valence-corrected chi connectivity index (χ0v) is 20.8. The number of benzene rings is 2. The number of ether oxygens (including phenoxy) is 1. The molecule has 0 bridgehead atoms. The topological polar surface area (TPSA) is 88.1 Å². The number of halogens is 1. The Bertz CT molecular complexity index is 1250. The van der Waals surface area contributed by atoms with E-state index in [1.165, 1.54) is 13.2 Å². The molecular weight excluding hydrogens is 462 g/mol. The maximum Gasteiger partial charge on any atom is 0.286 e. The lowest BCUT2D eigenvalue weighted by Gasteiger charge is -2.30. The first-order valence-corrected chi connectivity index (χ1v) is 12.8. The van der Waals surface area contributed by atoms with Gasteiger partial charge >= 0.3 is 0 Å². The van der Waals surface area contributed by atoms with Crippen molar-refractivity contribution in [2.45, 2.75) is 56.8 Å². The van der Waals surface area contributed by atoms with E-state index in [-0.39, 0.29) is 20.9 Å². The molecule has 7 nitrogen and oxygen atoms in total. The number of rotatable bonds is 3. The summed E-state index contributed by atoms with van der Waals surface area (Å²) in [4.78, 5) is 15.1. The highest BCUT2D eigenvalue weighted by molar-refractivity contribution is 7.90. The third-order valence-corrected chi connectivity index (χ3v) is 7.64. The minimum atomic E-state index is -3.93. The van der Waals surface area contributed by atoms with Gasteiger partial charge in [0.15, 0.2) is 0 Å². The molecule has 2 heterocycles. The summed E-state index contributed by atoms with van der Waals surface area (Å²) in [6, 6.07) is 8.49. The van der Waals surface area contributed by atoms with Crippen LogP contribution in [0.4, 0.5) is 11.4 Å². The van der Waals surface area contributed by atoms with Crippen LogP contribution in [0.15, 0.2) is 39.6 Å². The van der Waals surface area contributed by atoms with Gasteiger partial charge in [0.2, 0.25) is 0 Å². The first-order chi connectivity index (χ1) is 15.5.